The third-order valence-electron chi connectivity index (χ3n) is 3.04. The number of nitriles is 1. The highest BCUT2D eigenvalue weighted by molar-refractivity contribution is 5.29. The Hall–Kier alpha value is -1.57. The fourth-order valence-electron chi connectivity index (χ4n) is 2.00. The van der Waals surface area contributed by atoms with E-state index >= 15 is 0 Å². The van der Waals surface area contributed by atoms with Crippen LogP contribution in [0.2, 0.25) is 0 Å². The van der Waals surface area contributed by atoms with E-state index in [0.717, 1.165) is 11.3 Å². The van der Waals surface area contributed by atoms with Gasteiger partial charge in [0, 0.05) is 19.1 Å². The number of nitrogens with zero attached hydrogens (tertiary/aromatic N) is 2. The van der Waals surface area contributed by atoms with Crippen LogP contribution in [0.15, 0.2) is 24.3 Å². The van der Waals surface area contributed by atoms with E-state index in [9.17, 15) is 0 Å². The Morgan fingerprint density at radius 2 is 2.00 bits per heavy atom. The van der Waals surface area contributed by atoms with Gasteiger partial charge in [0.25, 0.3) is 0 Å². The summed E-state index contributed by atoms with van der Waals surface area (Å²) in [4.78, 5) is 2.12. The first-order chi connectivity index (χ1) is 8.62. The maximum atomic E-state index is 8.85. The molecule has 2 N–H and O–H groups in total. The van der Waals surface area contributed by atoms with Crippen LogP contribution in [0.1, 0.15) is 18.5 Å². The first-order valence-corrected chi connectivity index (χ1v) is 6.06. The minimum atomic E-state index is 0.00213. The summed E-state index contributed by atoms with van der Waals surface area (Å²) in [6.45, 7) is 3.16. The summed E-state index contributed by atoms with van der Waals surface area (Å²) < 4.78 is 5.14. The molecule has 2 atom stereocenters. The lowest BCUT2D eigenvalue weighted by Gasteiger charge is -2.28. The second kappa shape index (κ2) is 7.00. The van der Waals surface area contributed by atoms with Crippen LogP contribution >= 0.6 is 0 Å². The van der Waals surface area contributed by atoms with E-state index in [0.29, 0.717) is 13.1 Å². The van der Waals surface area contributed by atoms with E-state index in [-0.39, 0.29) is 12.0 Å². The summed E-state index contributed by atoms with van der Waals surface area (Å²) in [5.74, 6) is 0.838. The van der Waals surface area contributed by atoms with E-state index in [1.807, 2.05) is 38.2 Å². The summed E-state index contributed by atoms with van der Waals surface area (Å²) >= 11 is 0. The van der Waals surface area contributed by atoms with Gasteiger partial charge in [0.05, 0.1) is 19.1 Å². The molecular formula is C14H21N3O. The van der Waals surface area contributed by atoms with Gasteiger partial charge in [-0.05, 0) is 31.7 Å². The van der Waals surface area contributed by atoms with Crippen molar-refractivity contribution in [2.24, 2.45) is 11.7 Å². The lowest BCUT2D eigenvalue weighted by Crippen LogP contribution is -2.33. The van der Waals surface area contributed by atoms with Crippen molar-refractivity contribution in [2.75, 3.05) is 27.2 Å². The molecule has 0 saturated carbocycles. The molecule has 0 saturated heterocycles. The molecule has 0 radical (unpaired) electrons. The lowest BCUT2D eigenvalue weighted by atomic mass is 10.0. The van der Waals surface area contributed by atoms with Gasteiger partial charge in [0.1, 0.15) is 5.75 Å². The molecule has 0 aliphatic carbocycles. The number of benzene rings is 1. The van der Waals surface area contributed by atoms with Gasteiger partial charge in [-0.2, -0.15) is 5.26 Å². The summed E-state index contributed by atoms with van der Waals surface area (Å²) in [7, 11) is 3.64. The van der Waals surface area contributed by atoms with Crippen molar-refractivity contribution in [1.82, 2.24) is 4.90 Å². The molecule has 0 spiro atoms. The molecule has 1 aromatic carbocycles. The smallest absolute Gasteiger partial charge is 0.118 e. The molecule has 4 heteroatoms. The van der Waals surface area contributed by atoms with Gasteiger partial charge in [0.15, 0.2) is 0 Å². The van der Waals surface area contributed by atoms with E-state index in [1.165, 1.54) is 0 Å². The van der Waals surface area contributed by atoms with Crippen LogP contribution in [0.5, 0.6) is 5.75 Å². The molecule has 4 nitrogen and oxygen atoms in total. The number of likely N-dealkylation sites (N-methyl/N-ethyl adjacent to an activating group) is 1. The Kier molecular flexibility index (Phi) is 5.63. The Morgan fingerprint density at radius 3 is 2.44 bits per heavy atom. The number of nitrogens with two attached hydrogens (primary N) is 1. The molecule has 0 amide bonds. The van der Waals surface area contributed by atoms with Gasteiger partial charge in [-0.25, -0.2) is 0 Å². The molecule has 98 valence electrons. The molecule has 0 bridgehead atoms. The van der Waals surface area contributed by atoms with Crippen molar-refractivity contribution in [3.05, 3.63) is 29.8 Å². The van der Waals surface area contributed by atoms with Gasteiger partial charge < -0.3 is 10.5 Å². The monoisotopic (exact) mass is 247 g/mol. The molecule has 2 unspecified atom stereocenters. The first kappa shape index (κ1) is 14.5. The summed E-state index contributed by atoms with van der Waals surface area (Å²) in [5.41, 5.74) is 6.98. The zero-order valence-electron chi connectivity index (χ0n) is 11.3. The predicted molar refractivity (Wildman–Crippen MR) is 72.2 cm³/mol. The van der Waals surface area contributed by atoms with Crippen molar-refractivity contribution < 1.29 is 4.74 Å². The summed E-state index contributed by atoms with van der Waals surface area (Å²) in [6, 6.07) is 10.3. The summed E-state index contributed by atoms with van der Waals surface area (Å²) in [6.07, 6.45) is 0. The second-order valence-electron chi connectivity index (χ2n) is 4.49. The standard InChI is InChI=1S/C14H21N3O/c1-11(8-15)10-17(2)14(9-16)12-4-6-13(18-3)7-5-12/h4-7,11,14H,9-10,16H2,1-3H3. The maximum Gasteiger partial charge on any atom is 0.118 e. The Morgan fingerprint density at radius 1 is 1.39 bits per heavy atom. The van der Waals surface area contributed by atoms with E-state index in [1.54, 1.807) is 7.11 Å². The van der Waals surface area contributed by atoms with Crippen LogP contribution < -0.4 is 10.5 Å². The number of methoxy groups -OCH3 is 1. The minimum absolute atomic E-state index is 0.00213. The van der Waals surface area contributed by atoms with Crippen molar-refractivity contribution in [2.45, 2.75) is 13.0 Å². The fraction of sp³-hybridized carbons (Fsp3) is 0.500. The van der Waals surface area contributed by atoms with Gasteiger partial charge >= 0.3 is 0 Å². The second-order valence-corrected chi connectivity index (χ2v) is 4.49. The van der Waals surface area contributed by atoms with Crippen LogP contribution in [-0.4, -0.2) is 32.1 Å². The molecule has 0 aromatic heterocycles. The van der Waals surface area contributed by atoms with Crippen LogP contribution in [0.25, 0.3) is 0 Å². The summed E-state index contributed by atoms with van der Waals surface area (Å²) in [5, 5.41) is 8.85. The number of hydrogen-bond donors (Lipinski definition) is 1. The predicted octanol–water partition coefficient (Wildman–Crippen LogP) is 1.79. The average molecular weight is 247 g/mol. The highest BCUT2D eigenvalue weighted by atomic mass is 16.5. The van der Waals surface area contributed by atoms with E-state index < -0.39 is 0 Å². The largest absolute Gasteiger partial charge is 0.497 e. The molecule has 0 aliphatic rings. The van der Waals surface area contributed by atoms with Crippen LogP contribution in [0.3, 0.4) is 0 Å². The third-order valence-corrected chi connectivity index (χ3v) is 3.04. The van der Waals surface area contributed by atoms with Gasteiger partial charge in [-0.3, -0.25) is 4.90 Å². The van der Waals surface area contributed by atoms with Crippen LogP contribution in [-0.2, 0) is 0 Å². The highest BCUT2D eigenvalue weighted by Crippen LogP contribution is 2.21. The van der Waals surface area contributed by atoms with Crippen molar-refractivity contribution in [3.8, 4) is 11.8 Å². The third kappa shape index (κ3) is 3.73. The van der Waals surface area contributed by atoms with Gasteiger partial charge in [0.2, 0.25) is 0 Å². The topological polar surface area (TPSA) is 62.3 Å². The Balaban J connectivity index is 2.78. The molecule has 0 aliphatic heterocycles. The van der Waals surface area contributed by atoms with Crippen molar-refractivity contribution in [1.29, 1.82) is 5.26 Å². The fourth-order valence-corrected chi connectivity index (χ4v) is 2.00. The molecular weight excluding hydrogens is 226 g/mol. The first-order valence-electron chi connectivity index (χ1n) is 6.06. The molecule has 1 aromatic rings. The zero-order chi connectivity index (χ0) is 13.5. The van der Waals surface area contributed by atoms with E-state index in [4.69, 9.17) is 15.7 Å². The molecule has 0 fully saturated rings. The average Bonchev–Trinajstić information content (AvgIpc) is 2.40. The van der Waals surface area contributed by atoms with Crippen LogP contribution in [0.4, 0.5) is 0 Å². The van der Waals surface area contributed by atoms with Crippen molar-refractivity contribution >= 4 is 0 Å². The van der Waals surface area contributed by atoms with Crippen LogP contribution in [0, 0.1) is 17.2 Å². The van der Waals surface area contributed by atoms with Crippen molar-refractivity contribution in [3.63, 3.8) is 0 Å². The number of ether oxygens (including phenoxy) is 1. The number of hydrogen-bond acceptors (Lipinski definition) is 4. The quantitative estimate of drug-likeness (QED) is 0.832. The number of rotatable bonds is 6. The Bertz CT molecular complexity index is 396. The molecule has 18 heavy (non-hydrogen) atoms. The highest BCUT2D eigenvalue weighted by Gasteiger charge is 2.17. The normalized spacial score (nSPS) is 14.0. The van der Waals surface area contributed by atoms with Gasteiger partial charge in [-0.1, -0.05) is 12.1 Å². The Labute approximate surface area is 109 Å². The minimum Gasteiger partial charge on any atom is -0.497 e. The van der Waals surface area contributed by atoms with E-state index in [2.05, 4.69) is 11.0 Å². The zero-order valence-corrected chi connectivity index (χ0v) is 11.3. The lowest BCUT2D eigenvalue weighted by molar-refractivity contribution is 0.233. The SMILES string of the molecule is COc1ccc(C(CN)N(C)CC(C)C#N)cc1. The maximum absolute atomic E-state index is 8.85. The molecule has 0 heterocycles. The molecule has 1 rings (SSSR count). The van der Waals surface area contributed by atoms with Gasteiger partial charge in [-0.15, -0.1) is 0 Å².